The Labute approximate surface area is 211 Å². The van der Waals surface area contributed by atoms with Crippen molar-refractivity contribution in [3.63, 3.8) is 0 Å². The highest BCUT2D eigenvalue weighted by atomic mass is 32.2. The van der Waals surface area contributed by atoms with Crippen LogP contribution in [0.25, 0.3) is 11.3 Å². The highest BCUT2D eigenvalue weighted by molar-refractivity contribution is 7.92. The number of nitrogens with zero attached hydrogens (tertiary/aromatic N) is 2. The lowest BCUT2D eigenvalue weighted by Gasteiger charge is -2.15. The summed E-state index contributed by atoms with van der Waals surface area (Å²) >= 11 is 0. The summed E-state index contributed by atoms with van der Waals surface area (Å²) in [5.74, 6) is -1.38. The van der Waals surface area contributed by atoms with Gasteiger partial charge in [0.15, 0.2) is 11.6 Å². The molecule has 0 aliphatic carbocycles. The van der Waals surface area contributed by atoms with Crippen LogP contribution >= 0.6 is 0 Å². The molecule has 0 aliphatic heterocycles. The van der Waals surface area contributed by atoms with Crippen molar-refractivity contribution in [3.8, 4) is 22.9 Å². The molecule has 0 radical (unpaired) electrons. The summed E-state index contributed by atoms with van der Waals surface area (Å²) in [6.07, 6.45) is -4.73. The Balaban J connectivity index is 1.80. The van der Waals surface area contributed by atoms with E-state index in [2.05, 4.69) is 14.7 Å². The van der Waals surface area contributed by atoms with Gasteiger partial charge in [-0.3, -0.25) is 0 Å². The van der Waals surface area contributed by atoms with Gasteiger partial charge in [-0.05, 0) is 41.8 Å². The molecule has 0 saturated carbocycles. The second-order valence-electron chi connectivity index (χ2n) is 8.32. The first-order chi connectivity index (χ1) is 17.4. The number of hydrogen-bond donors (Lipinski definition) is 1. The molecule has 37 heavy (non-hydrogen) atoms. The van der Waals surface area contributed by atoms with Gasteiger partial charge in [-0.1, -0.05) is 56.3 Å². The maximum atomic E-state index is 14.2. The number of para-hydroxylation sites is 1. The Kier molecular flexibility index (Phi) is 7.17. The van der Waals surface area contributed by atoms with Gasteiger partial charge in [-0.25, -0.2) is 22.5 Å². The van der Waals surface area contributed by atoms with Crippen LogP contribution in [-0.4, -0.2) is 18.4 Å². The normalized spacial score (nSPS) is 12.0. The molecule has 0 amide bonds. The van der Waals surface area contributed by atoms with Crippen LogP contribution in [0.1, 0.15) is 30.9 Å². The Morgan fingerprint density at radius 1 is 0.892 bits per heavy atom. The molecule has 6 nitrogen and oxygen atoms in total. The van der Waals surface area contributed by atoms with E-state index in [4.69, 9.17) is 4.74 Å². The molecule has 4 aromatic rings. The summed E-state index contributed by atoms with van der Waals surface area (Å²) in [5.41, 5.74) is 0.689. The number of alkyl halides is 3. The van der Waals surface area contributed by atoms with E-state index < -0.39 is 38.4 Å². The zero-order valence-corrected chi connectivity index (χ0v) is 20.4. The van der Waals surface area contributed by atoms with Crippen molar-refractivity contribution in [2.24, 2.45) is 0 Å². The SMILES string of the molecule is CC(C)c1ccccc1-c1cc(Oc2ccccc2F)nc(NS(=O)(=O)c2cccc(C(F)(F)F)c2)n1. The van der Waals surface area contributed by atoms with Crippen LogP contribution in [0.15, 0.2) is 83.8 Å². The molecule has 0 aliphatic rings. The third kappa shape index (κ3) is 6.05. The van der Waals surface area contributed by atoms with E-state index in [-0.39, 0.29) is 23.2 Å². The molecule has 192 valence electrons. The van der Waals surface area contributed by atoms with Gasteiger partial charge >= 0.3 is 6.18 Å². The average molecular weight is 532 g/mol. The number of aromatic nitrogens is 2. The molecular weight excluding hydrogens is 510 g/mol. The Hall–Kier alpha value is -3.99. The minimum absolute atomic E-state index is 0.0763. The van der Waals surface area contributed by atoms with E-state index in [9.17, 15) is 26.0 Å². The third-order valence-electron chi connectivity index (χ3n) is 5.31. The predicted octanol–water partition coefficient (Wildman–Crippen LogP) is 7.02. The molecule has 1 N–H and O–H groups in total. The fourth-order valence-corrected chi connectivity index (χ4v) is 4.54. The third-order valence-corrected chi connectivity index (χ3v) is 6.64. The van der Waals surface area contributed by atoms with Crippen LogP contribution in [0.5, 0.6) is 11.6 Å². The molecule has 11 heteroatoms. The summed E-state index contributed by atoms with van der Waals surface area (Å²) in [4.78, 5) is 7.71. The van der Waals surface area contributed by atoms with E-state index >= 15 is 0 Å². The first kappa shape index (κ1) is 26.1. The topological polar surface area (TPSA) is 81.2 Å². The van der Waals surface area contributed by atoms with Crippen molar-refractivity contribution < 1.29 is 30.7 Å². The molecule has 4 rings (SSSR count). The molecule has 0 atom stereocenters. The fourth-order valence-electron chi connectivity index (χ4n) is 3.55. The van der Waals surface area contributed by atoms with E-state index in [0.29, 0.717) is 11.6 Å². The lowest BCUT2D eigenvalue weighted by molar-refractivity contribution is -0.137. The average Bonchev–Trinajstić information content (AvgIpc) is 2.84. The van der Waals surface area contributed by atoms with Gasteiger partial charge in [0, 0.05) is 11.6 Å². The molecular formula is C26H21F4N3O3S. The number of nitrogens with one attached hydrogen (secondary N) is 1. The minimum Gasteiger partial charge on any atom is -0.436 e. The van der Waals surface area contributed by atoms with E-state index in [0.717, 1.165) is 23.8 Å². The van der Waals surface area contributed by atoms with Gasteiger partial charge < -0.3 is 4.74 Å². The summed E-state index contributed by atoms with van der Waals surface area (Å²) in [6, 6.07) is 17.5. The van der Waals surface area contributed by atoms with Crippen LogP contribution in [0.4, 0.5) is 23.5 Å². The molecule has 1 aromatic heterocycles. The van der Waals surface area contributed by atoms with Crippen molar-refractivity contribution >= 4 is 16.0 Å². The summed E-state index contributed by atoms with van der Waals surface area (Å²) in [6.45, 7) is 3.93. The number of ether oxygens (including phenoxy) is 1. The van der Waals surface area contributed by atoms with Crippen molar-refractivity contribution in [3.05, 3.63) is 95.8 Å². The van der Waals surface area contributed by atoms with Crippen molar-refractivity contribution in [1.29, 1.82) is 0 Å². The second-order valence-corrected chi connectivity index (χ2v) is 10.0. The lowest BCUT2D eigenvalue weighted by Crippen LogP contribution is -2.17. The molecule has 3 aromatic carbocycles. The number of sulfonamides is 1. The molecule has 0 bridgehead atoms. The molecule has 0 saturated heterocycles. The number of anilines is 1. The van der Waals surface area contributed by atoms with Crippen LogP contribution in [-0.2, 0) is 16.2 Å². The van der Waals surface area contributed by atoms with Gasteiger partial charge in [0.2, 0.25) is 11.8 Å². The second kappa shape index (κ2) is 10.2. The summed E-state index contributed by atoms with van der Waals surface area (Å²) in [7, 11) is -4.52. The first-order valence-corrected chi connectivity index (χ1v) is 12.5. The van der Waals surface area contributed by atoms with Gasteiger partial charge in [0.05, 0.1) is 16.2 Å². The highest BCUT2D eigenvalue weighted by Gasteiger charge is 2.32. The standard InChI is InChI=1S/C26H21F4N3O3S/c1-16(2)19-10-3-4-11-20(19)22-15-24(36-23-13-6-5-12-21(23)27)32-25(31-22)33-37(34,35)18-9-7-8-17(14-18)26(28,29)30/h3-16H,1-2H3,(H,31,32,33). The van der Waals surface area contributed by atoms with Gasteiger partial charge in [-0.2, -0.15) is 18.2 Å². The number of hydrogen-bond acceptors (Lipinski definition) is 5. The largest absolute Gasteiger partial charge is 0.436 e. The van der Waals surface area contributed by atoms with Gasteiger partial charge in [0.1, 0.15) is 0 Å². The van der Waals surface area contributed by atoms with Crippen LogP contribution in [0.3, 0.4) is 0 Å². The molecule has 0 spiro atoms. The van der Waals surface area contributed by atoms with Gasteiger partial charge in [0.25, 0.3) is 10.0 Å². The number of halogens is 4. The summed E-state index contributed by atoms with van der Waals surface area (Å²) in [5, 5.41) is 0. The van der Waals surface area contributed by atoms with Crippen LogP contribution < -0.4 is 9.46 Å². The van der Waals surface area contributed by atoms with Crippen LogP contribution in [0, 0.1) is 5.82 Å². The maximum Gasteiger partial charge on any atom is 0.416 e. The molecule has 1 heterocycles. The first-order valence-electron chi connectivity index (χ1n) is 11.0. The quantitative estimate of drug-likeness (QED) is 0.259. The van der Waals surface area contributed by atoms with E-state index in [1.54, 1.807) is 18.2 Å². The smallest absolute Gasteiger partial charge is 0.416 e. The van der Waals surface area contributed by atoms with Crippen molar-refractivity contribution in [1.82, 2.24) is 9.97 Å². The van der Waals surface area contributed by atoms with E-state index in [1.165, 1.54) is 24.3 Å². The monoisotopic (exact) mass is 531 g/mol. The van der Waals surface area contributed by atoms with E-state index in [1.807, 2.05) is 26.0 Å². The Morgan fingerprint density at radius 3 is 2.30 bits per heavy atom. The zero-order chi connectivity index (χ0) is 26.8. The van der Waals surface area contributed by atoms with Crippen molar-refractivity contribution in [2.75, 3.05) is 4.72 Å². The Morgan fingerprint density at radius 2 is 1.59 bits per heavy atom. The van der Waals surface area contributed by atoms with Crippen molar-refractivity contribution in [2.45, 2.75) is 30.8 Å². The highest BCUT2D eigenvalue weighted by Crippen LogP contribution is 2.33. The number of rotatable bonds is 7. The predicted molar refractivity (Wildman–Crippen MR) is 130 cm³/mol. The Bertz CT molecular complexity index is 1540. The minimum atomic E-state index is -4.73. The molecule has 0 unspecified atom stereocenters. The number of benzene rings is 3. The maximum absolute atomic E-state index is 14.2. The van der Waals surface area contributed by atoms with Crippen LogP contribution in [0.2, 0.25) is 0 Å². The molecule has 0 fully saturated rings. The van der Waals surface area contributed by atoms with Gasteiger partial charge in [-0.15, -0.1) is 0 Å². The zero-order valence-electron chi connectivity index (χ0n) is 19.6. The lowest BCUT2D eigenvalue weighted by atomic mass is 9.95. The summed E-state index contributed by atoms with van der Waals surface area (Å²) < 4.78 is 87.3. The fraction of sp³-hybridized carbons (Fsp3) is 0.154.